The van der Waals surface area contributed by atoms with Crippen molar-refractivity contribution in [2.75, 3.05) is 33.4 Å². The molecular weight excluding hydrogens is 204 g/mol. The highest BCUT2D eigenvalue weighted by molar-refractivity contribution is 4.86. The van der Waals surface area contributed by atoms with Crippen LogP contribution >= 0.6 is 0 Å². The van der Waals surface area contributed by atoms with Crippen LogP contribution in [0.3, 0.4) is 0 Å². The molecule has 3 unspecified atom stereocenters. The predicted molar refractivity (Wildman–Crippen MR) is 65.3 cm³/mol. The van der Waals surface area contributed by atoms with Crippen LogP contribution in [0.25, 0.3) is 0 Å². The predicted octanol–water partition coefficient (Wildman–Crippen LogP) is 0.443. The van der Waals surface area contributed by atoms with E-state index in [1.165, 1.54) is 6.42 Å². The normalized spacial score (nSPS) is 27.9. The molecule has 0 aliphatic carbocycles. The number of ether oxygens (including phenoxy) is 1. The van der Waals surface area contributed by atoms with E-state index in [4.69, 9.17) is 15.6 Å². The molecule has 1 saturated heterocycles. The van der Waals surface area contributed by atoms with E-state index in [2.05, 4.69) is 11.8 Å². The fourth-order valence-corrected chi connectivity index (χ4v) is 2.50. The van der Waals surface area contributed by atoms with Crippen molar-refractivity contribution in [1.82, 2.24) is 4.90 Å². The van der Waals surface area contributed by atoms with E-state index in [9.17, 15) is 0 Å². The molecule has 96 valence electrons. The van der Waals surface area contributed by atoms with Crippen molar-refractivity contribution in [2.24, 2.45) is 11.7 Å². The Labute approximate surface area is 98.8 Å². The molecule has 0 saturated carbocycles. The largest absolute Gasteiger partial charge is 0.394 e. The Morgan fingerprint density at radius 3 is 2.88 bits per heavy atom. The van der Waals surface area contributed by atoms with Crippen LogP contribution in [0.5, 0.6) is 0 Å². The SMILES string of the molecule is COCC1CCN(C(C)CC(C)(N)CO)C1. The highest BCUT2D eigenvalue weighted by Crippen LogP contribution is 2.22. The average molecular weight is 230 g/mol. The number of likely N-dealkylation sites (tertiary alicyclic amines) is 1. The minimum absolute atomic E-state index is 0.0483. The number of hydrogen-bond donors (Lipinski definition) is 2. The number of methoxy groups -OCH3 is 1. The first-order valence-electron chi connectivity index (χ1n) is 6.11. The standard InChI is InChI=1S/C12H26N2O2/c1-10(6-12(2,13)9-15)14-5-4-11(7-14)8-16-3/h10-11,15H,4-9,13H2,1-3H3. The van der Waals surface area contributed by atoms with E-state index in [0.717, 1.165) is 26.1 Å². The molecule has 3 N–H and O–H groups in total. The van der Waals surface area contributed by atoms with Gasteiger partial charge in [0.25, 0.3) is 0 Å². The van der Waals surface area contributed by atoms with Crippen molar-refractivity contribution in [3.8, 4) is 0 Å². The third-order valence-corrected chi connectivity index (χ3v) is 3.47. The Balaban J connectivity index is 2.36. The second kappa shape index (κ2) is 5.96. The summed E-state index contributed by atoms with van der Waals surface area (Å²) in [5.41, 5.74) is 5.52. The maximum atomic E-state index is 9.16. The third-order valence-electron chi connectivity index (χ3n) is 3.47. The first kappa shape index (κ1) is 13.9. The van der Waals surface area contributed by atoms with Crippen LogP contribution in [0, 0.1) is 5.92 Å². The minimum Gasteiger partial charge on any atom is -0.394 e. The Kier molecular flexibility index (Phi) is 5.18. The van der Waals surface area contributed by atoms with Gasteiger partial charge in [0, 0.05) is 25.2 Å². The van der Waals surface area contributed by atoms with Gasteiger partial charge < -0.3 is 20.5 Å². The van der Waals surface area contributed by atoms with Crippen LogP contribution in [0.4, 0.5) is 0 Å². The van der Waals surface area contributed by atoms with Gasteiger partial charge in [-0.1, -0.05) is 0 Å². The highest BCUT2D eigenvalue weighted by atomic mass is 16.5. The van der Waals surface area contributed by atoms with Gasteiger partial charge in [-0.05, 0) is 39.2 Å². The summed E-state index contributed by atoms with van der Waals surface area (Å²) in [6, 6.07) is 0.434. The van der Waals surface area contributed by atoms with Crippen molar-refractivity contribution in [2.45, 2.75) is 38.3 Å². The monoisotopic (exact) mass is 230 g/mol. The number of aliphatic hydroxyl groups excluding tert-OH is 1. The van der Waals surface area contributed by atoms with Crippen LogP contribution < -0.4 is 5.73 Å². The zero-order chi connectivity index (χ0) is 12.2. The second-order valence-corrected chi connectivity index (χ2v) is 5.47. The molecule has 1 aliphatic heterocycles. The zero-order valence-electron chi connectivity index (χ0n) is 10.8. The van der Waals surface area contributed by atoms with E-state index in [0.29, 0.717) is 12.0 Å². The number of hydrogen-bond acceptors (Lipinski definition) is 4. The lowest BCUT2D eigenvalue weighted by Gasteiger charge is -2.31. The van der Waals surface area contributed by atoms with Crippen molar-refractivity contribution < 1.29 is 9.84 Å². The molecule has 1 rings (SSSR count). The maximum Gasteiger partial charge on any atom is 0.0609 e. The smallest absolute Gasteiger partial charge is 0.0609 e. The summed E-state index contributed by atoms with van der Waals surface area (Å²) in [5.74, 6) is 0.658. The lowest BCUT2D eigenvalue weighted by Crippen LogP contribution is -2.46. The molecule has 0 aromatic carbocycles. The molecule has 0 radical (unpaired) electrons. The molecule has 0 bridgehead atoms. The van der Waals surface area contributed by atoms with Crippen LogP contribution in [0.15, 0.2) is 0 Å². The van der Waals surface area contributed by atoms with Crippen LogP contribution in [-0.2, 0) is 4.74 Å². The fourth-order valence-electron chi connectivity index (χ4n) is 2.50. The van der Waals surface area contributed by atoms with E-state index >= 15 is 0 Å². The van der Waals surface area contributed by atoms with Crippen molar-refractivity contribution >= 4 is 0 Å². The van der Waals surface area contributed by atoms with E-state index in [-0.39, 0.29) is 6.61 Å². The molecule has 16 heavy (non-hydrogen) atoms. The number of aliphatic hydroxyl groups is 1. The Hall–Kier alpha value is -0.160. The quantitative estimate of drug-likeness (QED) is 0.695. The summed E-state index contributed by atoms with van der Waals surface area (Å²) < 4.78 is 5.18. The van der Waals surface area contributed by atoms with E-state index in [1.54, 1.807) is 7.11 Å². The summed E-state index contributed by atoms with van der Waals surface area (Å²) in [6.07, 6.45) is 2.04. The zero-order valence-corrected chi connectivity index (χ0v) is 10.8. The van der Waals surface area contributed by atoms with Gasteiger partial charge in [-0.3, -0.25) is 0 Å². The van der Waals surface area contributed by atoms with Crippen molar-refractivity contribution in [3.05, 3.63) is 0 Å². The molecule has 0 amide bonds. The van der Waals surface area contributed by atoms with Gasteiger partial charge in [-0.25, -0.2) is 0 Å². The molecule has 4 heteroatoms. The first-order valence-corrected chi connectivity index (χ1v) is 6.11. The van der Waals surface area contributed by atoms with Gasteiger partial charge in [0.2, 0.25) is 0 Å². The fraction of sp³-hybridized carbons (Fsp3) is 1.00. The molecule has 4 nitrogen and oxygen atoms in total. The lowest BCUT2D eigenvalue weighted by molar-refractivity contribution is 0.132. The Morgan fingerprint density at radius 2 is 2.31 bits per heavy atom. The molecule has 0 aromatic heterocycles. The summed E-state index contributed by atoms with van der Waals surface area (Å²) in [4.78, 5) is 2.45. The lowest BCUT2D eigenvalue weighted by atomic mass is 9.95. The second-order valence-electron chi connectivity index (χ2n) is 5.47. The van der Waals surface area contributed by atoms with Gasteiger partial charge in [-0.2, -0.15) is 0 Å². The van der Waals surface area contributed by atoms with Gasteiger partial charge >= 0.3 is 0 Å². The van der Waals surface area contributed by atoms with Crippen molar-refractivity contribution in [3.63, 3.8) is 0 Å². The van der Waals surface area contributed by atoms with Gasteiger partial charge in [0.05, 0.1) is 13.2 Å². The molecule has 1 fully saturated rings. The van der Waals surface area contributed by atoms with E-state index < -0.39 is 5.54 Å². The molecule has 1 aliphatic rings. The van der Waals surface area contributed by atoms with Gasteiger partial charge in [-0.15, -0.1) is 0 Å². The molecule has 0 spiro atoms. The van der Waals surface area contributed by atoms with Crippen LogP contribution in [0.2, 0.25) is 0 Å². The number of nitrogens with two attached hydrogens (primary N) is 1. The molecule has 0 aromatic rings. The maximum absolute atomic E-state index is 9.16. The Morgan fingerprint density at radius 1 is 1.62 bits per heavy atom. The van der Waals surface area contributed by atoms with Gasteiger partial charge in [0.1, 0.15) is 0 Å². The highest BCUT2D eigenvalue weighted by Gasteiger charge is 2.29. The van der Waals surface area contributed by atoms with Gasteiger partial charge in [0.15, 0.2) is 0 Å². The summed E-state index contributed by atoms with van der Waals surface area (Å²) >= 11 is 0. The van der Waals surface area contributed by atoms with E-state index in [1.807, 2.05) is 6.92 Å². The number of rotatable bonds is 6. The summed E-state index contributed by atoms with van der Waals surface area (Å²) in [5, 5.41) is 9.16. The number of nitrogens with zero attached hydrogens (tertiary/aromatic N) is 1. The summed E-state index contributed by atoms with van der Waals surface area (Å²) in [6.45, 7) is 7.21. The molecular formula is C12H26N2O2. The van der Waals surface area contributed by atoms with Crippen LogP contribution in [0.1, 0.15) is 26.7 Å². The topological polar surface area (TPSA) is 58.7 Å². The van der Waals surface area contributed by atoms with Crippen molar-refractivity contribution in [1.29, 1.82) is 0 Å². The minimum atomic E-state index is -0.460. The third kappa shape index (κ3) is 4.01. The average Bonchev–Trinajstić information content (AvgIpc) is 2.66. The van der Waals surface area contributed by atoms with Crippen LogP contribution in [-0.4, -0.2) is 55.0 Å². The summed E-state index contributed by atoms with van der Waals surface area (Å²) in [7, 11) is 1.76. The Bertz CT molecular complexity index is 209. The molecule has 3 atom stereocenters. The molecule has 1 heterocycles. The first-order chi connectivity index (χ1) is 7.48.